The number of halogens is 2. The largest absolute Gasteiger partial charge is 0.477 e. The number of hydrogen-bond acceptors (Lipinski definition) is 8. The maximum absolute atomic E-state index is 13.6. The lowest BCUT2D eigenvalue weighted by molar-refractivity contribution is 0.0694. The summed E-state index contributed by atoms with van der Waals surface area (Å²) in [5, 5.41) is 16.1. The highest BCUT2D eigenvalue weighted by Gasteiger charge is 2.17. The van der Waals surface area contributed by atoms with E-state index in [0.29, 0.717) is 60.9 Å². The zero-order valence-corrected chi connectivity index (χ0v) is 22.1. The van der Waals surface area contributed by atoms with Crippen molar-refractivity contribution in [2.75, 3.05) is 44.6 Å². The fraction of sp³-hybridized carbons (Fsp3) is 0.259. The number of carboxylic acids is 1. The number of methoxy groups -OCH3 is 2. The second kappa shape index (κ2) is 12.7. The summed E-state index contributed by atoms with van der Waals surface area (Å²) in [7, 11) is 3.16. The summed E-state index contributed by atoms with van der Waals surface area (Å²) in [4.78, 5) is 33.9. The number of carbonyl (C=O) groups is 1. The van der Waals surface area contributed by atoms with Crippen LogP contribution in [0.2, 0.25) is 5.02 Å². The number of aromatic carboxylic acids is 1. The molecule has 0 saturated heterocycles. The number of fused-ring (bicyclic) bond motifs is 1. The highest BCUT2D eigenvalue weighted by atomic mass is 35.5. The number of carboxylic acid groups (broad SMARTS) is 1. The number of ether oxygens (including phenoxy) is 2. The summed E-state index contributed by atoms with van der Waals surface area (Å²) >= 11 is 5.89. The van der Waals surface area contributed by atoms with Gasteiger partial charge in [0.2, 0.25) is 11.4 Å². The molecule has 0 aliphatic rings. The number of hydrogen-bond donors (Lipinski definition) is 3. The summed E-state index contributed by atoms with van der Waals surface area (Å²) in [6, 6.07) is 9.40. The van der Waals surface area contributed by atoms with Crippen molar-refractivity contribution < 1.29 is 23.8 Å². The van der Waals surface area contributed by atoms with Crippen molar-refractivity contribution in [3.63, 3.8) is 0 Å². The monoisotopic (exact) mass is 555 g/mol. The highest BCUT2D eigenvalue weighted by molar-refractivity contribution is 6.31. The van der Waals surface area contributed by atoms with Crippen molar-refractivity contribution in [1.82, 2.24) is 14.5 Å². The van der Waals surface area contributed by atoms with Crippen LogP contribution in [0.1, 0.15) is 16.8 Å². The fourth-order valence-corrected chi connectivity index (χ4v) is 4.19. The molecule has 4 rings (SSSR count). The molecular formula is C27H27ClFN5O5. The number of pyridine rings is 1. The zero-order valence-electron chi connectivity index (χ0n) is 21.3. The molecule has 0 unspecified atom stereocenters. The standard InChI is InChI=1S/C27H27ClFN5O5/c1-38-10-3-8-30-25-19(14-31-27(33-25)32-17-5-6-22(29)21(28)13-17)16-4-7-23-18(12-16)24(35)20(26(36)37)15-34(23)9-11-39-2/h4-7,12-15H,3,8-11H2,1-2H3,(H,36,37)(H2,30,31,32,33). The van der Waals surface area contributed by atoms with E-state index in [-0.39, 0.29) is 21.9 Å². The minimum Gasteiger partial charge on any atom is -0.477 e. The third-order valence-electron chi connectivity index (χ3n) is 5.94. The predicted octanol–water partition coefficient (Wildman–Crippen LogP) is 4.79. The van der Waals surface area contributed by atoms with E-state index in [0.717, 1.165) is 0 Å². The van der Waals surface area contributed by atoms with Crippen LogP contribution in [0.4, 0.5) is 21.8 Å². The van der Waals surface area contributed by atoms with Gasteiger partial charge < -0.3 is 29.8 Å². The lowest BCUT2D eigenvalue weighted by atomic mass is 10.0. The molecule has 0 bridgehead atoms. The summed E-state index contributed by atoms with van der Waals surface area (Å²) < 4.78 is 25.5. The van der Waals surface area contributed by atoms with Gasteiger partial charge in [-0.2, -0.15) is 4.98 Å². The topological polar surface area (TPSA) is 128 Å². The fourth-order valence-electron chi connectivity index (χ4n) is 4.01. The Labute approximate surface area is 228 Å². The Hall–Kier alpha value is -4.06. The van der Waals surface area contributed by atoms with Crippen LogP contribution >= 0.6 is 11.6 Å². The molecule has 0 radical (unpaired) electrons. The molecule has 2 aromatic heterocycles. The molecule has 4 aromatic rings. The van der Waals surface area contributed by atoms with Crippen molar-refractivity contribution in [2.45, 2.75) is 13.0 Å². The average molecular weight is 556 g/mol. The quantitative estimate of drug-likeness (QED) is 0.211. The number of anilines is 3. The maximum Gasteiger partial charge on any atom is 0.341 e. The minimum atomic E-state index is -1.31. The van der Waals surface area contributed by atoms with Gasteiger partial charge in [-0.05, 0) is 42.3 Å². The van der Waals surface area contributed by atoms with Crippen LogP contribution in [-0.2, 0) is 16.0 Å². The molecule has 204 valence electrons. The van der Waals surface area contributed by atoms with Crippen LogP contribution in [-0.4, -0.2) is 59.6 Å². The van der Waals surface area contributed by atoms with Gasteiger partial charge in [-0.3, -0.25) is 4.79 Å². The van der Waals surface area contributed by atoms with E-state index >= 15 is 0 Å². The molecule has 0 spiro atoms. The van der Waals surface area contributed by atoms with Crippen LogP contribution in [0, 0.1) is 5.82 Å². The molecule has 0 saturated carbocycles. The van der Waals surface area contributed by atoms with E-state index < -0.39 is 17.2 Å². The second-order valence-corrected chi connectivity index (χ2v) is 8.99. The van der Waals surface area contributed by atoms with Crippen LogP contribution in [0.3, 0.4) is 0 Å². The first-order valence-electron chi connectivity index (χ1n) is 12.0. The zero-order chi connectivity index (χ0) is 27.9. The number of aromatic nitrogens is 3. The van der Waals surface area contributed by atoms with E-state index in [1.165, 1.54) is 24.4 Å². The molecule has 0 fully saturated rings. The van der Waals surface area contributed by atoms with Gasteiger partial charge in [0.25, 0.3) is 0 Å². The average Bonchev–Trinajstić information content (AvgIpc) is 2.92. The predicted molar refractivity (Wildman–Crippen MR) is 148 cm³/mol. The smallest absolute Gasteiger partial charge is 0.341 e. The van der Waals surface area contributed by atoms with E-state index in [9.17, 15) is 19.1 Å². The number of benzene rings is 2. The Morgan fingerprint density at radius 3 is 2.67 bits per heavy atom. The molecule has 0 aliphatic heterocycles. The molecule has 10 nitrogen and oxygen atoms in total. The highest BCUT2D eigenvalue weighted by Crippen LogP contribution is 2.30. The van der Waals surface area contributed by atoms with Gasteiger partial charge in [-0.15, -0.1) is 0 Å². The molecule has 2 heterocycles. The molecular weight excluding hydrogens is 529 g/mol. The Morgan fingerprint density at radius 2 is 1.95 bits per heavy atom. The van der Waals surface area contributed by atoms with E-state index in [4.69, 9.17) is 21.1 Å². The Bertz CT molecular complexity index is 1560. The number of rotatable bonds is 12. The summed E-state index contributed by atoms with van der Waals surface area (Å²) in [6.07, 6.45) is 3.63. The molecule has 2 aromatic carbocycles. The summed E-state index contributed by atoms with van der Waals surface area (Å²) in [6.45, 7) is 1.80. The Morgan fingerprint density at radius 1 is 1.15 bits per heavy atom. The molecule has 39 heavy (non-hydrogen) atoms. The van der Waals surface area contributed by atoms with Crippen molar-refractivity contribution in [3.8, 4) is 11.1 Å². The van der Waals surface area contributed by atoms with Crippen molar-refractivity contribution >= 4 is 45.9 Å². The van der Waals surface area contributed by atoms with Gasteiger partial charge in [0, 0.05) is 62.9 Å². The second-order valence-electron chi connectivity index (χ2n) is 8.58. The summed E-state index contributed by atoms with van der Waals surface area (Å²) in [5.41, 5.74) is 1.37. The molecule has 0 atom stereocenters. The van der Waals surface area contributed by atoms with Crippen molar-refractivity contribution in [3.05, 3.63) is 75.4 Å². The minimum absolute atomic E-state index is 0.0393. The maximum atomic E-state index is 13.6. The van der Waals surface area contributed by atoms with E-state index in [1.54, 1.807) is 37.1 Å². The van der Waals surface area contributed by atoms with Crippen LogP contribution in [0.25, 0.3) is 22.0 Å². The van der Waals surface area contributed by atoms with Crippen molar-refractivity contribution in [2.24, 2.45) is 0 Å². The van der Waals surface area contributed by atoms with Gasteiger partial charge >= 0.3 is 5.97 Å². The molecule has 3 N–H and O–H groups in total. The molecule has 0 amide bonds. The van der Waals surface area contributed by atoms with E-state index in [1.807, 2.05) is 6.07 Å². The molecule has 0 aliphatic carbocycles. The lowest BCUT2D eigenvalue weighted by Crippen LogP contribution is -2.20. The third-order valence-corrected chi connectivity index (χ3v) is 6.23. The van der Waals surface area contributed by atoms with Crippen molar-refractivity contribution in [1.29, 1.82) is 0 Å². The summed E-state index contributed by atoms with van der Waals surface area (Å²) in [5.74, 6) is -1.13. The van der Waals surface area contributed by atoms with Crippen LogP contribution in [0.15, 0.2) is 53.6 Å². The van der Waals surface area contributed by atoms with Crippen LogP contribution in [0.5, 0.6) is 0 Å². The lowest BCUT2D eigenvalue weighted by Gasteiger charge is -2.15. The van der Waals surface area contributed by atoms with Crippen LogP contribution < -0.4 is 16.1 Å². The number of nitrogens with zero attached hydrogens (tertiary/aromatic N) is 3. The number of nitrogens with one attached hydrogen (secondary N) is 2. The first-order valence-corrected chi connectivity index (χ1v) is 12.4. The molecule has 12 heteroatoms. The first-order chi connectivity index (χ1) is 18.8. The van der Waals surface area contributed by atoms with E-state index in [2.05, 4.69) is 20.6 Å². The first kappa shape index (κ1) is 28.0. The van der Waals surface area contributed by atoms with Gasteiger partial charge in [0.15, 0.2) is 0 Å². The third kappa shape index (κ3) is 6.51. The Balaban J connectivity index is 1.78. The van der Waals surface area contributed by atoms with Gasteiger partial charge in [-0.25, -0.2) is 14.2 Å². The van der Waals surface area contributed by atoms with Gasteiger partial charge in [0.1, 0.15) is 17.2 Å². The van der Waals surface area contributed by atoms with Gasteiger partial charge in [-0.1, -0.05) is 17.7 Å². The van der Waals surface area contributed by atoms with Gasteiger partial charge in [0.05, 0.1) is 17.1 Å². The normalized spacial score (nSPS) is 11.1. The SMILES string of the molecule is COCCCNc1nc(Nc2ccc(F)c(Cl)c2)ncc1-c1ccc2c(c1)c(=O)c(C(=O)O)cn2CCOC. The Kier molecular flexibility index (Phi) is 9.07.